The predicted molar refractivity (Wildman–Crippen MR) is 77.1 cm³/mol. The van der Waals surface area contributed by atoms with Crippen molar-refractivity contribution in [2.45, 2.75) is 38.5 Å². The summed E-state index contributed by atoms with van der Waals surface area (Å²) < 4.78 is 5.34. The van der Waals surface area contributed by atoms with E-state index in [0.29, 0.717) is 25.5 Å². The van der Waals surface area contributed by atoms with E-state index in [0.717, 1.165) is 49.8 Å². The van der Waals surface area contributed by atoms with Crippen molar-refractivity contribution in [3.8, 4) is 0 Å². The Morgan fingerprint density at radius 3 is 2.86 bits per heavy atom. The Labute approximate surface area is 124 Å². The van der Waals surface area contributed by atoms with Gasteiger partial charge in [-0.1, -0.05) is 0 Å². The second-order valence-electron chi connectivity index (χ2n) is 6.19. The van der Waals surface area contributed by atoms with E-state index in [9.17, 15) is 9.90 Å². The number of aliphatic hydroxyl groups is 1. The summed E-state index contributed by atoms with van der Waals surface area (Å²) in [5, 5.41) is 19.8. The van der Waals surface area contributed by atoms with Crippen molar-refractivity contribution in [3.05, 3.63) is 17.0 Å². The molecule has 0 unspecified atom stereocenters. The number of hydrogen-bond acceptors (Lipinski definition) is 4. The van der Waals surface area contributed by atoms with E-state index in [1.807, 2.05) is 0 Å². The predicted octanol–water partition coefficient (Wildman–Crippen LogP) is 0.807. The van der Waals surface area contributed by atoms with Gasteiger partial charge in [-0.2, -0.15) is 5.10 Å². The number of aliphatic hydroxyl groups excluding tert-OH is 1. The minimum Gasteiger partial charge on any atom is -0.396 e. The number of carbonyl (C=O) groups is 1. The summed E-state index contributed by atoms with van der Waals surface area (Å²) in [6.07, 6.45) is 5.74. The van der Waals surface area contributed by atoms with Gasteiger partial charge in [0.25, 0.3) is 5.91 Å². The molecule has 1 saturated heterocycles. The molecule has 3 rings (SSSR count). The number of carbonyl (C=O) groups excluding carboxylic acids is 1. The van der Waals surface area contributed by atoms with Gasteiger partial charge in [-0.25, -0.2) is 0 Å². The Morgan fingerprint density at radius 2 is 2.10 bits per heavy atom. The summed E-state index contributed by atoms with van der Waals surface area (Å²) >= 11 is 0. The van der Waals surface area contributed by atoms with E-state index >= 15 is 0 Å². The van der Waals surface area contributed by atoms with Gasteiger partial charge in [-0.15, -0.1) is 0 Å². The maximum absolute atomic E-state index is 12.4. The van der Waals surface area contributed by atoms with Crippen LogP contribution in [0.4, 0.5) is 0 Å². The van der Waals surface area contributed by atoms with E-state index in [1.54, 1.807) is 0 Å². The first-order valence-corrected chi connectivity index (χ1v) is 7.77. The summed E-state index contributed by atoms with van der Waals surface area (Å²) in [6.45, 7) is 1.85. The van der Waals surface area contributed by atoms with Crippen LogP contribution in [0.1, 0.15) is 47.4 Å². The van der Waals surface area contributed by atoms with Crippen LogP contribution >= 0.6 is 0 Å². The van der Waals surface area contributed by atoms with Gasteiger partial charge < -0.3 is 15.2 Å². The van der Waals surface area contributed by atoms with Crippen molar-refractivity contribution in [3.63, 3.8) is 0 Å². The Kier molecular flexibility index (Phi) is 4.26. The zero-order chi connectivity index (χ0) is 14.7. The van der Waals surface area contributed by atoms with Crippen molar-refractivity contribution in [1.82, 2.24) is 15.5 Å². The Morgan fingerprint density at radius 1 is 1.33 bits per heavy atom. The molecule has 6 nitrogen and oxygen atoms in total. The lowest BCUT2D eigenvalue weighted by Gasteiger charge is -2.35. The van der Waals surface area contributed by atoms with Gasteiger partial charge in [0.15, 0.2) is 5.69 Å². The van der Waals surface area contributed by atoms with Crippen LogP contribution in [0.25, 0.3) is 0 Å². The highest BCUT2D eigenvalue weighted by atomic mass is 16.5. The van der Waals surface area contributed by atoms with Crippen molar-refractivity contribution in [2.24, 2.45) is 5.41 Å². The molecule has 1 fully saturated rings. The van der Waals surface area contributed by atoms with Crippen LogP contribution in [0.3, 0.4) is 0 Å². The van der Waals surface area contributed by atoms with E-state index < -0.39 is 0 Å². The molecule has 0 aromatic carbocycles. The van der Waals surface area contributed by atoms with Gasteiger partial charge in [0.1, 0.15) is 0 Å². The molecule has 0 spiro atoms. The highest BCUT2D eigenvalue weighted by Gasteiger charge is 2.33. The second-order valence-corrected chi connectivity index (χ2v) is 6.19. The number of nitrogens with one attached hydrogen (secondary N) is 2. The number of aryl methyl sites for hydroxylation is 1. The van der Waals surface area contributed by atoms with Crippen LogP contribution in [0.5, 0.6) is 0 Å². The van der Waals surface area contributed by atoms with E-state index in [-0.39, 0.29) is 17.9 Å². The van der Waals surface area contributed by atoms with Gasteiger partial charge in [0.2, 0.25) is 0 Å². The number of fused-ring (bicyclic) bond motifs is 1. The molecule has 21 heavy (non-hydrogen) atoms. The van der Waals surface area contributed by atoms with E-state index in [1.165, 1.54) is 0 Å². The summed E-state index contributed by atoms with van der Waals surface area (Å²) in [5.74, 6) is -0.131. The monoisotopic (exact) mass is 293 g/mol. The molecule has 1 aromatic rings. The number of aromatic amines is 1. The highest BCUT2D eigenvalue weighted by molar-refractivity contribution is 5.94. The number of rotatable bonds is 4. The molecule has 0 radical (unpaired) electrons. The smallest absolute Gasteiger partial charge is 0.272 e. The molecule has 6 heteroatoms. The van der Waals surface area contributed by atoms with Crippen LogP contribution in [0, 0.1) is 5.41 Å². The van der Waals surface area contributed by atoms with Gasteiger partial charge >= 0.3 is 0 Å². The fourth-order valence-corrected chi connectivity index (χ4v) is 3.22. The molecule has 1 aliphatic heterocycles. The quantitative estimate of drug-likeness (QED) is 0.766. The lowest BCUT2D eigenvalue weighted by molar-refractivity contribution is -0.0146. The second kappa shape index (κ2) is 6.15. The lowest BCUT2D eigenvalue weighted by Crippen LogP contribution is -2.44. The molecule has 3 N–H and O–H groups in total. The molecular weight excluding hydrogens is 270 g/mol. The summed E-state index contributed by atoms with van der Waals surface area (Å²) in [5.41, 5.74) is 2.47. The molecule has 0 saturated carbocycles. The van der Waals surface area contributed by atoms with Crippen LogP contribution < -0.4 is 5.32 Å². The highest BCUT2D eigenvalue weighted by Crippen LogP contribution is 2.29. The minimum absolute atomic E-state index is 0.0787. The third-order valence-electron chi connectivity index (χ3n) is 4.78. The average molecular weight is 293 g/mol. The number of nitrogens with zero attached hydrogens (tertiary/aromatic N) is 1. The van der Waals surface area contributed by atoms with Crippen molar-refractivity contribution in [1.29, 1.82) is 0 Å². The molecule has 2 aliphatic rings. The van der Waals surface area contributed by atoms with Crippen molar-refractivity contribution < 1.29 is 14.6 Å². The Balaban J connectivity index is 1.65. The zero-order valence-electron chi connectivity index (χ0n) is 12.3. The molecule has 0 atom stereocenters. The topological polar surface area (TPSA) is 87.2 Å². The SMILES string of the molecule is O=C(NCC1(CO)CCOCC1)c1n[nH]c2c1CCCC2. The summed E-state index contributed by atoms with van der Waals surface area (Å²) in [7, 11) is 0. The summed E-state index contributed by atoms with van der Waals surface area (Å²) in [4.78, 5) is 12.4. The molecule has 1 amide bonds. The third kappa shape index (κ3) is 2.96. The number of H-pyrrole nitrogens is 1. The maximum atomic E-state index is 12.4. The minimum atomic E-state index is -0.246. The Hall–Kier alpha value is -1.40. The van der Waals surface area contributed by atoms with Crippen molar-refractivity contribution >= 4 is 5.91 Å². The van der Waals surface area contributed by atoms with E-state index in [2.05, 4.69) is 15.5 Å². The van der Waals surface area contributed by atoms with Crippen LogP contribution in [0.15, 0.2) is 0 Å². The Bertz CT molecular complexity index is 506. The molecule has 2 heterocycles. The van der Waals surface area contributed by atoms with Gasteiger partial charge in [-0.3, -0.25) is 9.89 Å². The van der Waals surface area contributed by atoms with E-state index in [4.69, 9.17) is 4.74 Å². The van der Waals surface area contributed by atoms with Gasteiger partial charge in [0.05, 0.1) is 6.61 Å². The number of hydrogen-bond donors (Lipinski definition) is 3. The maximum Gasteiger partial charge on any atom is 0.272 e. The number of amides is 1. The first-order chi connectivity index (χ1) is 10.2. The fourth-order valence-electron chi connectivity index (χ4n) is 3.22. The van der Waals surface area contributed by atoms with Crippen LogP contribution in [0.2, 0.25) is 0 Å². The van der Waals surface area contributed by atoms with Crippen molar-refractivity contribution in [2.75, 3.05) is 26.4 Å². The number of aromatic nitrogens is 2. The molecular formula is C15H23N3O3. The standard InChI is InChI=1S/C15H23N3O3/c19-10-15(5-7-21-8-6-15)9-16-14(20)13-11-3-1-2-4-12(11)17-18-13/h19H,1-10H2,(H,16,20)(H,17,18). The van der Waals surface area contributed by atoms with Gasteiger partial charge in [-0.05, 0) is 38.5 Å². The first kappa shape index (κ1) is 14.5. The van der Waals surface area contributed by atoms with Crippen LogP contribution in [-0.4, -0.2) is 47.6 Å². The normalized spacial score (nSPS) is 20.8. The number of ether oxygens (including phenoxy) is 1. The largest absolute Gasteiger partial charge is 0.396 e. The molecule has 1 aromatic heterocycles. The lowest BCUT2D eigenvalue weighted by atomic mass is 9.81. The molecule has 0 bridgehead atoms. The summed E-state index contributed by atoms with van der Waals surface area (Å²) in [6, 6.07) is 0. The third-order valence-corrected chi connectivity index (χ3v) is 4.78. The average Bonchev–Trinajstić information content (AvgIpc) is 2.98. The van der Waals surface area contributed by atoms with Gasteiger partial charge in [0, 0.05) is 36.4 Å². The van der Waals surface area contributed by atoms with Crippen LogP contribution in [-0.2, 0) is 17.6 Å². The first-order valence-electron chi connectivity index (χ1n) is 7.77. The fraction of sp³-hybridized carbons (Fsp3) is 0.733. The zero-order valence-corrected chi connectivity index (χ0v) is 12.3. The molecule has 1 aliphatic carbocycles. The molecule has 116 valence electrons.